The van der Waals surface area contributed by atoms with E-state index in [-0.39, 0.29) is 6.10 Å². The summed E-state index contributed by atoms with van der Waals surface area (Å²) in [5.74, 6) is 1.51. The lowest BCUT2D eigenvalue weighted by molar-refractivity contribution is -0.0978. The molecule has 1 unspecified atom stereocenters. The van der Waals surface area contributed by atoms with Crippen molar-refractivity contribution in [1.82, 2.24) is 10.3 Å². The van der Waals surface area contributed by atoms with E-state index in [0.717, 1.165) is 24.6 Å². The maximum absolute atomic E-state index is 5.57. The van der Waals surface area contributed by atoms with Crippen molar-refractivity contribution >= 4 is 0 Å². The van der Waals surface area contributed by atoms with E-state index in [9.17, 15) is 0 Å². The minimum Gasteiger partial charge on any atom is -0.443 e. The van der Waals surface area contributed by atoms with Crippen LogP contribution in [0.25, 0.3) is 0 Å². The van der Waals surface area contributed by atoms with Crippen LogP contribution in [0, 0.1) is 0 Å². The first-order valence-electron chi connectivity index (χ1n) is 5.18. The summed E-state index contributed by atoms with van der Waals surface area (Å²) in [4.78, 5) is 4.19. The van der Waals surface area contributed by atoms with E-state index < -0.39 is 0 Å². The molecule has 1 aliphatic rings. The first kappa shape index (κ1) is 10.6. The van der Waals surface area contributed by atoms with Crippen LogP contribution in [-0.2, 0) is 15.9 Å². The summed E-state index contributed by atoms with van der Waals surface area (Å²) < 4.78 is 16.4. The lowest BCUT2D eigenvalue weighted by Gasteiger charge is -2.20. The van der Waals surface area contributed by atoms with Crippen LogP contribution in [0.4, 0.5) is 0 Å². The smallest absolute Gasteiger partial charge is 0.195 e. The predicted octanol–water partition coefficient (Wildman–Crippen LogP) is 0.524. The van der Waals surface area contributed by atoms with E-state index in [1.807, 2.05) is 7.05 Å². The van der Waals surface area contributed by atoms with Gasteiger partial charge in [-0.1, -0.05) is 0 Å². The van der Waals surface area contributed by atoms with Gasteiger partial charge in [0.25, 0.3) is 0 Å². The number of ether oxygens (including phenoxy) is 2. The van der Waals surface area contributed by atoms with Crippen LogP contribution in [0.15, 0.2) is 10.6 Å². The molecule has 84 valence electrons. The van der Waals surface area contributed by atoms with Crippen molar-refractivity contribution in [2.24, 2.45) is 0 Å². The van der Waals surface area contributed by atoms with Crippen LogP contribution in [0.2, 0.25) is 0 Å². The predicted molar refractivity (Wildman–Crippen MR) is 53.6 cm³/mol. The van der Waals surface area contributed by atoms with E-state index in [4.69, 9.17) is 13.9 Å². The van der Waals surface area contributed by atoms with Crippen LogP contribution < -0.4 is 5.32 Å². The highest BCUT2D eigenvalue weighted by Crippen LogP contribution is 2.21. The van der Waals surface area contributed by atoms with E-state index in [2.05, 4.69) is 10.3 Å². The highest BCUT2D eigenvalue weighted by molar-refractivity contribution is 4.99. The zero-order chi connectivity index (χ0) is 10.5. The normalized spacial score (nSPS) is 21.8. The highest BCUT2D eigenvalue weighted by atomic mass is 16.6. The Kier molecular flexibility index (Phi) is 3.71. The van der Waals surface area contributed by atoms with Gasteiger partial charge in [0.2, 0.25) is 0 Å². The summed E-state index contributed by atoms with van der Waals surface area (Å²) in [7, 11) is 1.90. The molecule has 1 atom stereocenters. The monoisotopic (exact) mass is 212 g/mol. The first-order valence-corrected chi connectivity index (χ1v) is 5.18. The van der Waals surface area contributed by atoms with Crippen LogP contribution >= 0.6 is 0 Å². The summed E-state index contributed by atoms with van der Waals surface area (Å²) in [6.45, 7) is 2.71. The molecule has 15 heavy (non-hydrogen) atoms. The molecule has 0 aliphatic carbocycles. The molecule has 1 aliphatic heterocycles. The molecule has 0 amide bonds. The van der Waals surface area contributed by atoms with Crippen molar-refractivity contribution in [1.29, 1.82) is 0 Å². The largest absolute Gasteiger partial charge is 0.443 e. The highest BCUT2D eigenvalue weighted by Gasteiger charge is 2.20. The molecule has 1 saturated heterocycles. The van der Waals surface area contributed by atoms with Crippen molar-refractivity contribution in [3.63, 3.8) is 0 Å². The maximum Gasteiger partial charge on any atom is 0.195 e. The average molecular weight is 212 g/mol. The van der Waals surface area contributed by atoms with Gasteiger partial charge in [-0.3, -0.25) is 0 Å². The van der Waals surface area contributed by atoms with Gasteiger partial charge in [-0.05, 0) is 7.05 Å². The molecule has 0 radical (unpaired) electrons. The van der Waals surface area contributed by atoms with Crippen molar-refractivity contribution in [2.75, 3.05) is 33.4 Å². The minimum atomic E-state index is -0.0883. The van der Waals surface area contributed by atoms with Crippen molar-refractivity contribution < 1.29 is 13.9 Å². The van der Waals surface area contributed by atoms with Crippen LogP contribution in [0.5, 0.6) is 0 Å². The number of likely N-dealkylation sites (N-methyl/N-ethyl adjacent to an activating group) is 1. The lowest BCUT2D eigenvalue weighted by Crippen LogP contribution is -2.21. The number of hydrogen-bond donors (Lipinski definition) is 1. The zero-order valence-electron chi connectivity index (χ0n) is 8.86. The summed E-state index contributed by atoms with van der Waals surface area (Å²) in [6, 6.07) is 0. The minimum absolute atomic E-state index is 0.0883. The fourth-order valence-corrected chi connectivity index (χ4v) is 1.47. The molecule has 0 aromatic carbocycles. The molecule has 0 spiro atoms. The Morgan fingerprint density at radius 2 is 2.47 bits per heavy atom. The Morgan fingerprint density at radius 1 is 1.53 bits per heavy atom. The molecule has 1 N–H and O–H groups in total. The SMILES string of the molecule is CNCCc1ncc(C2COCCO2)o1. The molecule has 2 rings (SSSR count). The Morgan fingerprint density at radius 3 is 3.20 bits per heavy atom. The fourth-order valence-electron chi connectivity index (χ4n) is 1.47. The molecule has 0 bridgehead atoms. The van der Waals surface area contributed by atoms with Gasteiger partial charge in [0.1, 0.15) is 6.10 Å². The van der Waals surface area contributed by atoms with Crippen LogP contribution in [-0.4, -0.2) is 38.4 Å². The second kappa shape index (κ2) is 5.25. The van der Waals surface area contributed by atoms with Crippen LogP contribution in [0.1, 0.15) is 17.8 Å². The molecule has 1 aromatic rings. The van der Waals surface area contributed by atoms with E-state index >= 15 is 0 Å². The molecule has 0 saturated carbocycles. The van der Waals surface area contributed by atoms with Gasteiger partial charge >= 0.3 is 0 Å². The molecule has 5 heteroatoms. The Labute approximate surface area is 88.8 Å². The zero-order valence-corrected chi connectivity index (χ0v) is 8.86. The Bertz CT molecular complexity index is 295. The lowest BCUT2D eigenvalue weighted by atomic mass is 10.3. The summed E-state index contributed by atoms with van der Waals surface area (Å²) in [6.07, 6.45) is 2.43. The fraction of sp³-hybridized carbons (Fsp3) is 0.700. The van der Waals surface area contributed by atoms with E-state index in [1.54, 1.807) is 6.20 Å². The molecule has 1 aromatic heterocycles. The van der Waals surface area contributed by atoms with Crippen LogP contribution in [0.3, 0.4) is 0 Å². The van der Waals surface area contributed by atoms with E-state index in [1.165, 1.54) is 0 Å². The third-order valence-electron chi connectivity index (χ3n) is 2.29. The Balaban J connectivity index is 1.93. The van der Waals surface area contributed by atoms with Gasteiger partial charge in [0.15, 0.2) is 11.7 Å². The van der Waals surface area contributed by atoms with Crippen molar-refractivity contribution in [3.8, 4) is 0 Å². The van der Waals surface area contributed by atoms with E-state index in [0.29, 0.717) is 19.8 Å². The summed E-state index contributed by atoms with van der Waals surface area (Å²) in [5.41, 5.74) is 0. The molecule has 5 nitrogen and oxygen atoms in total. The summed E-state index contributed by atoms with van der Waals surface area (Å²) >= 11 is 0. The second-order valence-electron chi connectivity index (χ2n) is 3.44. The standard InChI is InChI=1S/C10H16N2O3/c1-11-3-2-10-12-6-8(15-10)9-7-13-4-5-14-9/h6,9,11H,2-5,7H2,1H3. The van der Waals surface area contributed by atoms with Gasteiger partial charge in [-0.2, -0.15) is 0 Å². The van der Waals surface area contributed by atoms with Gasteiger partial charge in [-0.25, -0.2) is 4.98 Å². The number of aromatic nitrogens is 1. The third kappa shape index (κ3) is 2.77. The maximum atomic E-state index is 5.57. The number of hydrogen-bond acceptors (Lipinski definition) is 5. The second-order valence-corrected chi connectivity index (χ2v) is 3.44. The van der Waals surface area contributed by atoms with Gasteiger partial charge < -0.3 is 19.2 Å². The van der Waals surface area contributed by atoms with Crippen molar-refractivity contribution in [2.45, 2.75) is 12.5 Å². The van der Waals surface area contributed by atoms with Gasteiger partial charge in [0.05, 0.1) is 26.0 Å². The molecule has 2 heterocycles. The molecule has 1 fully saturated rings. The van der Waals surface area contributed by atoms with Gasteiger partial charge in [0, 0.05) is 13.0 Å². The number of rotatable bonds is 4. The third-order valence-corrected chi connectivity index (χ3v) is 2.29. The van der Waals surface area contributed by atoms with Gasteiger partial charge in [-0.15, -0.1) is 0 Å². The first-order chi connectivity index (χ1) is 7.40. The molecular weight excluding hydrogens is 196 g/mol. The Hall–Kier alpha value is -0.910. The summed E-state index contributed by atoms with van der Waals surface area (Å²) in [5, 5.41) is 3.05. The van der Waals surface area contributed by atoms with Crippen molar-refractivity contribution in [3.05, 3.63) is 17.8 Å². The number of nitrogens with zero attached hydrogens (tertiary/aromatic N) is 1. The quantitative estimate of drug-likeness (QED) is 0.788. The topological polar surface area (TPSA) is 56.5 Å². The average Bonchev–Trinajstić information content (AvgIpc) is 2.76. The number of oxazole rings is 1. The number of nitrogens with one attached hydrogen (secondary N) is 1. The molecular formula is C10H16N2O3.